The van der Waals surface area contributed by atoms with Gasteiger partial charge in [0.25, 0.3) is 5.91 Å². The predicted octanol–water partition coefficient (Wildman–Crippen LogP) is 2.63. The number of aryl methyl sites for hydroxylation is 1. The van der Waals surface area contributed by atoms with Crippen molar-refractivity contribution in [3.05, 3.63) is 59.7 Å². The fourth-order valence-corrected chi connectivity index (χ4v) is 4.88. The number of nitrogens with two attached hydrogens (primary N) is 2. The average molecular weight is 653 g/mol. The molecule has 0 unspecified atom stereocenters. The zero-order valence-electron chi connectivity index (χ0n) is 27.8. The van der Waals surface area contributed by atoms with Gasteiger partial charge in [0.1, 0.15) is 24.2 Å². The number of carboxylic acid groups (broad SMARTS) is 1. The van der Waals surface area contributed by atoms with Crippen molar-refractivity contribution >= 4 is 29.6 Å². The van der Waals surface area contributed by atoms with Gasteiger partial charge in [0.15, 0.2) is 0 Å². The third-order valence-electron chi connectivity index (χ3n) is 7.88. The number of unbranched alkanes of at least 4 members (excludes halogenated alkanes) is 3. The number of aliphatic carboxylic acids is 1. The van der Waals surface area contributed by atoms with Crippen molar-refractivity contribution in [2.45, 2.75) is 103 Å². The molecule has 0 aromatic heterocycles. The number of hydrogen-bond donors (Lipinski definition) is 7. The summed E-state index contributed by atoms with van der Waals surface area (Å²) in [7, 11) is 0. The quantitative estimate of drug-likeness (QED) is 0.0996. The van der Waals surface area contributed by atoms with Crippen LogP contribution in [0.15, 0.2) is 48.5 Å². The van der Waals surface area contributed by atoms with Crippen LogP contribution in [0.1, 0.15) is 88.1 Å². The number of carbonyl (C=O) groups excluding carboxylic acids is 4. The second-order valence-electron chi connectivity index (χ2n) is 11.8. The number of amides is 4. The number of benzene rings is 2. The molecule has 9 N–H and O–H groups in total. The molecular formula is C35H52N6O6. The van der Waals surface area contributed by atoms with E-state index in [1.54, 1.807) is 12.1 Å². The van der Waals surface area contributed by atoms with E-state index in [-0.39, 0.29) is 6.42 Å². The van der Waals surface area contributed by atoms with Crippen LogP contribution in [0.5, 0.6) is 0 Å². The minimum Gasteiger partial charge on any atom is -0.480 e. The Morgan fingerprint density at radius 2 is 1.13 bits per heavy atom. The number of hydrogen-bond acceptors (Lipinski definition) is 7. The normalized spacial score (nSPS) is 13.5. The van der Waals surface area contributed by atoms with E-state index in [0.717, 1.165) is 30.4 Å². The molecule has 0 heterocycles. The summed E-state index contributed by atoms with van der Waals surface area (Å²) in [6, 6.07) is 11.4. The van der Waals surface area contributed by atoms with E-state index >= 15 is 0 Å². The van der Waals surface area contributed by atoms with Crippen molar-refractivity contribution in [1.29, 1.82) is 0 Å². The summed E-state index contributed by atoms with van der Waals surface area (Å²) in [6.07, 6.45) is 6.24. The lowest BCUT2D eigenvalue weighted by Gasteiger charge is -2.25. The standard InChI is InChI=1S/C35H52N6O6/c1-4-5-10-25-13-15-26(16-14-25)27-17-19-28(20-18-27)32(43)40-30(12-7-9-22-37)34(45)41-29(11-6-8-21-36)33(44)38-23(2)31(42)39-24(3)35(46)47/h13-20,23-24,29-30H,4-12,21-22,36-37H2,1-3H3,(H,38,44)(H,39,42)(H,40,43)(H,41,45)(H,46,47)/t23-,24-,29-,30-/m0/s1. The zero-order chi connectivity index (χ0) is 34.8. The minimum atomic E-state index is -1.21. The highest BCUT2D eigenvalue weighted by atomic mass is 16.4. The van der Waals surface area contributed by atoms with Crippen LogP contribution in [0.4, 0.5) is 0 Å². The molecule has 2 aromatic rings. The van der Waals surface area contributed by atoms with Crippen LogP contribution in [0.2, 0.25) is 0 Å². The molecular weight excluding hydrogens is 600 g/mol. The van der Waals surface area contributed by atoms with Gasteiger partial charge in [-0.2, -0.15) is 0 Å². The van der Waals surface area contributed by atoms with Gasteiger partial charge in [0.2, 0.25) is 17.7 Å². The first-order valence-electron chi connectivity index (χ1n) is 16.5. The molecule has 0 radical (unpaired) electrons. The van der Waals surface area contributed by atoms with Gasteiger partial charge in [-0.15, -0.1) is 0 Å². The fraction of sp³-hybridized carbons (Fsp3) is 0.514. The van der Waals surface area contributed by atoms with Gasteiger partial charge < -0.3 is 37.8 Å². The molecule has 47 heavy (non-hydrogen) atoms. The fourth-order valence-electron chi connectivity index (χ4n) is 4.88. The van der Waals surface area contributed by atoms with Crippen LogP contribution >= 0.6 is 0 Å². The average Bonchev–Trinajstić information content (AvgIpc) is 3.06. The van der Waals surface area contributed by atoms with Crippen molar-refractivity contribution in [3.8, 4) is 11.1 Å². The first kappa shape index (κ1) is 38.9. The lowest BCUT2D eigenvalue weighted by atomic mass is 10.0. The molecule has 12 heteroatoms. The van der Waals surface area contributed by atoms with Crippen molar-refractivity contribution in [1.82, 2.24) is 21.3 Å². The second kappa shape index (κ2) is 20.8. The molecule has 0 saturated carbocycles. The van der Waals surface area contributed by atoms with Gasteiger partial charge in [0.05, 0.1) is 0 Å². The van der Waals surface area contributed by atoms with Crippen LogP contribution < -0.4 is 32.7 Å². The van der Waals surface area contributed by atoms with E-state index in [0.29, 0.717) is 50.8 Å². The minimum absolute atomic E-state index is 0.249. The Bertz CT molecular complexity index is 1300. The van der Waals surface area contributed by atoms with Crippen molar-refractivity contribution in [2.75, 3.05) is 13.1 Å². The molecule has 2 aromatic carbocycles. The molecule has 4 atom stereocenters. The van der Waals surface area contributed by atoms with E-state index in [4.69, 9.17) is 16.6 Å². The van der Waals surface area contributed by atoms with Crippen LogP contribution in [0.25, 0.3) is 11.1 Å². The lowest BCUT2D eigenvalue weighted by molar-refractivity contribution is -0.141. The maximum Gasteiger partial charge on any atom is 0.325 e. The van der Waals surface area contributed by atoms with Gasteiger partial charge in [0, 0.05) is 5.56 Å². The molecule has 0 spiro atoms. The highest BCUT2D eigenvalue weighted by Crippen LogP contribution is 2.21. The van der Waals surface area contributed by atoms with Crippen LogP contribution in [0.3, 0.4) is 0 Å². The Balaban J connectivity index is 2.14. The molecule has 0 aliphatic heterocycles. The molecule has 0 bridgehead atoms. The maximum atomic E-state index is 13.5. The second-order valence-corrected chi connectivity index (χ2v) is 11.8. The van der Waals surface area contributed by atoms with E-state index in [1.165, 1.54) is 19.4 Å². The highest BCUT2D eigenvalue weighted by molar-refractivity contribution is 5.99. The number of carbonyl (C=O) groups is 5. The molecule has 0 fully saturated rings. The Morgan fingerprint density at radius 3 is 1.64 bits per heavy atom. The lowest BCUT2D eigenvalue weighted by Crippen LogP contribution is -2.56. The van der Waals surface area contributed by atoms with Crippen molar-refractivity contribution in [3.63, 3.8) is 0 Å². The topological polar surface area (TPSA) is 206 Å². The van der Waals surface area contributed by atoms with Crippen molar-refractivity contribution < 1.29 is 29.1 Å². The van der Waals surface area contributed by atoms with Gasteiger partial charge >= 0.3 is 5.97 Å². The van der Waals surface area contributed by atoms with E-state index in [1.807, 2.05) is 12.1 Å². The van der Waals surface area contributed by atoms with Crippen molar-refractivity contribution in [2.24, 2.45) is 11.5 Å². The number of rotatable bonds is 21. The molecule has 2 rings (SSSR count). The SMILES string of the molecule is CCCCc1ccc(-c2ccc(C(=O)N[C@@H](CCCCN)C(=O)N[C@@H](CCCCN)C(=O)N[C@@H](C)C(=O)N[C@@H](C)C(=O)O)cc2)cc1. The summed E-state index contributed by atoms with van der Waals surface area (Å²) >= 11 is 0. The number of nitrogens with one attached hydrogen (secondary N) is 4. The first-order chi connectivity index (χ1) is 22.5. The van der Waals surface area contributed by atoms with Gasteiger partial charge in [-0.3, -0.25) is 24.0 Å². The monoisotopic (exact) mass is 652 g/mol. The maximum absolute atomic E-state index is 13.5. The van der Waals surface area contributed by atoms with Crippen LogP contribution in [-0.4, -0.2) is 72.0 Å². The van der Waals surface area contributed by atoms with Gasteiger partial charge in [-0.25, -0.2) is 0 Å². The van der Waals surface area contributed by atoms with Gasteiger partial charge in [-0.1, -0.05) is 49.7 Å². The first-order valence-corrected chi connectivity index (χ1v) is 16.5. The summed E-state index contributed by atoms with van der Waals surface area (Å²) in [5, 5.41) is 19.5. The highest BCUT2D eigenvalue weighted by Gasteiger charge is 2.29. The number of carboxylic acids is 1. The smallest absolute Gasteiger partial charge is 0.325 e. The Labute approximate surface area is 277 Å². The van der Waals surface area contributed by atoms with E-state index in [2.05, 4.69) is 52.5 Å². The van der Waals surface area contributed by atoms with Crippen LogP contribution in [-0.2, 0) is 25.6 Å². The Morgan fingerprint density at radius 1 is 0.638 bits per heavy atom. The van der Waals surface area contributed by atoms with Crippen LogP contribution in [0, 0.1) is 0 Å². The Hall–Kier alpha value is -4.29. The largest absolute Gasteiger partial charge is 0.480 e. The molecule has 12 nitrogen and oxygen atoms in total. The summed E-state index contributed by atoms with van der Waals surface area (Å²) in [6.45, 7) is 5.72. The summed E-state index contributed by atoms with van der Waals surface area (Å²) < 4.78 is 0. The summed E-state index contributed by atoms with van der Waals surface area (Å²) in [4.78, 5) is 63.5. The summed E-state index contributed by atoms with van der Waals surface area (Å²) in [5.74, 6) is -3.47. The summed E-state index contributed by atoms with van der Waals surface area (Å²) in [5.41, 5.74) is 15.0. The predicted molar refractivity (Wildman–Crippen MR) is 182 cm³/mol. The zero-order valence-corrected chi connectivity index (χ0v) is 27.8. The van der Waals surface area contributed by atoms with E-state index < -0.39 is 53.8 Å². The molecule has 0 aliphatic rings. The molecule has 0 aliphatic carbocycles. The molecule has 4 amide bonds. The molecule has 258 valence electrons. The molecule has 0 saturated heterocycles. The third-order valence-corrected chi connectivity index (χ3v) is 7.88. The Kier molecular flexibility index (Phi) is 17.2. The van der Waals surface area contributed by atoms with Gasteiger partial charge in [-0.05, 0) is 107 Å². The third kappa shape index (κ3) is 13.5. The van der Waals surface area contributed by atoms with E-state index in [9.17, 15) is 24.0 Å².